The second-order valence-electron chi connectivity index (χ2n) is 9.07. The number of para-hydroxylation sites is 1. The summed E-state index contributed by atoms with van der Waals surface area (Å²) < 4.78 is 8.70. The molecule has 1 aliphatic rings. The van der Waals surface area contributed by atoms with Gasteiger partial charge >= 0.3 is 0 Å². The molecule has 0 spiro atoms. The Morgan fingerprint density at radius 1 is 1.03 bits per heavy atom. The van der Waals surface area contributed by atoms with Crippen molar-refractivity contribution in [2.75, 3.05) is 39.4 Å². The van der Waals surface area contributed by atoms with Gasteiger partial charge in [0.2, 0.25) is 5.91 Å². The lowest BCUT2D eigenvalue weighted by Crippen LogP contribution is -2.38. The highest BCUT2D eigenvalue weighted by Gasteiger charge is 2.21. The van der Waals surface area contributed by atoms with Crippen molar-refractivity contribution < 1.29 is 9.53 Å². The van der Waals surface area contributed by atoms with Gasteiger partial charge in [0, 0.05) is 36.7 Å². The third-order valence-corrected chi connectivity index (χ3v) is 6.54. The van der Waals surface area contributed by atoms with Crippen LogP contribution in [-0.2, 0) is 16.1 Å². The summed E-state index contributed by atoms with van der Waals surface area (Å²) in [7, 11) is 0. The Kier molecular flexibility index (Phi) is 7.25. The first-order valence-electron chi connectivity index (χ1n) is 12.4. The predicted octanol–water partition coefficient (Wildman–Crippen LogP) is 3.00. The number of carbonyl (C=O) groups is 1. The molecule has 1 saturated heterocycles. The molecule has 0 radical (unpaired) electrons. The Bertz CT molecular complexity index is 1390. The lowest BCUT2D eigenvalue weighted by molar-refractivity contribution is -0.121. The molecule has 2 aromatic carbocycles. The Labute approximate surface area is 210 Å². The van der Waals surface area contributed by atoms with Crippen LogP contribution in [-0.4, -0.2) is 64.5 Å². The highest BCUT2D eigenvalue weighted by Crippen LogP contribution is 2.31. The normalized spacial score (nSPS) is 14.2. The summed E-state index contributed by atoms with van der Waals surface area (Å²) in [6.07, 6.45) is 0.851. The average molecular weight is 486 g/mol. The molecule has 1 aliphatic heterocycles. The van der Waals surface area contributed by atoms with Crippen LogP contribution in [0.5, 0.6) is 0 Å². The van der Waals surface area contributed by atoms with Gasteiger partial charge in [-0.1, -0.05) is 48.5 Å². The minimum absolute atomic E-state index is 0.0695. The van der Waals surface area contributed by atoms with Crippen LogP contribution in [0.25, 0.3) is 28.0 Å². The standard InChI is InChI=1S/C28H31N5O3/c1-21-19-25(35)32(20-24(34)29-13-8-14-31-15-17-36-18-16-31)28-26(21)27(22-9-4-2-5-10-22)30-33(28)23-11-6-3-7-12-23/h2-7,9-12,19H,8,13-18,20H2,1H3,(H,29,34). The minimum Gasteiger partial charge on any atom is -0.379 e. The van der Waals surface area contributed by atoms with Crippen molar-refractivity contribution in [3.05, 3.63) is 82.6 Å². The van der Waals surface area contributed by atoms with Gasteiger partial charge in [-0.15, -0.1) is 0 Å². The van der Waals surface area contributed by atoms with E-state index in [4.69, 9.17) is 9.84 Å². The number of fused-ring (bicyclic) bond motifs is 1. The molecule has 1 amide bonds. The van der Waals surface area contributed by atoms with Gasteiger partial charge in [-0.25, -0.2) is 4.68 Å². The Hall–Kier alpha value is -3.75. The summed E-state index contributed by atoms with van der Waals surface area (Å²) in [5.41, 5.74) is 3.80. The number of rotatable bonds is 8. The predicted molar refractivity (Wildman–Crippen MR) is 140 cm³/mol. The average Bonchev–Trinajstić information content (AvgIpc) is 3.32. The molecule has 0 atom stereocenters. The van der Waals surface area contributed by atoms with Crippen molar-refractivity contribution in [2.24, 2.45) is 0 Å². The molecule has 0 saturated carbocycles. The maximum Gasteiger partial charge on any atom is 0.252 e. The largest absolute Gasteiger partial charge is 0.379 e. The van der Waals surface area contributed by atoms with Crippen LogP contribution >= 0.6 is 0 Å². The minimum atomic E-state index is -0.222. The number of ether oxygens (including phenoxy) is 1. The molecule has 3 heterocycles. The van der Waals surface area contributed by atoms with Gasteiger partial charge < -0.3 is 10.1 Å². The van der Waals surface area contributed by atoms with Crippen LogP contribution < -0.4 is 10.9 Å². The molecule has 0 bridgehead atoms. The van der Waals surface area contributed by atoms with E-state index in [0.717, 1.165) is 67.2 Å². The van der Waals surface area contributed by atoms with Crippen LogP contribution in [0, 0.1) is 6.92 Å². The van der Waals surface area contributed by atoms with Gasteiger partial charge in [0.1, 0.15) is 17.9 Å². The zero-order chi connectivity index (χ0) is 24.9. The molecule has 1 fully saturated rings. The first-order valence-corrected chi connectivity index (χ1v) is 12.4. The van der Waals surface area contributed by atoms with E-state index in [2.05, 4.69) is 10.2 Å². The second kappa shape index (κ2) is 10.9. The van der Waals surface area contributed by atoms with Crippen LogP contribution in [0.15, 0.2) is 71.5 Å². The number of nitrogens with one attached hydrogen (secondary N) is 1. The molecule has 0 aliphatic carbocycles. The number of hydrogen-bond acceptors (Lipinski definition) is 5. The van der Waals surface area contributed by atoms with E-state index in [9.17, 15) is 9.59 Å². The maximum absolute atomic E-state index is 13.2. The first-order chi connectivity index (χ1) is 17.6. The summed E-state index contributed by atoms with van der Waals surface area (Å²) in [6.45, 7) is 6.71. The van der Waals surface area contributed by atoms with Crippen molar-refractivity contribution >= 4 is 16.9 Å². The van der Waals surface area contributed by atoms with Crippen molar-refractivity contribution in [3.63, 3.8) is 0 Å². The lowest BCUT2D eigenvalue weighted by Gasteiger charge is -2.26. The van der Waals surface area contributed by atoms with E-state index < -0.39 is 0 Å². The summed E-state index contributed by atoms with van der Waals surface area (Å²) in [4.78, 5) is 28.5. The first kappa shape index (κ1) is 24.0. The number of pyridine rings is 1. The SMILES string of the molecule is Cc1cc(=O)n(CC(=O)NCCCN2CCOCC2)c2c1c(-c1ccccc1)nn2-c1ccccc1. The third kappa shape index (κ3) is 5.10. The third-order valence-electron chi connectivity index (χ3n) is 6.54. The van der Waals surface area contributed by atoms with Gasteiger partial charge in [0.05, 0.1) is 18.9 Å². The van der Waals surface area contributed by atoms with Gasteiger partial charge in [-0.2, -0.15) is 5.10 Å². The Morgan fingerprint density at radius 2 is 1.72 bits per heavy atom. The van der Waals surface area contributed by atoms with Crippen molar-refractivity contribution in [1.82, 2.24) is 24.6 Å². The van der Waals surface area contributed by atoms with Crippen molar-refractivity contribution in [3.8, 4) is 16.9 Å². The number of carbonyl (C=O) groups excluding carboxylic acids is 1. The Balaban J connectivity index is 1.46. The van der Waals surface area contributed by atoms with E-state index in [1.807, 2.05) is 67.6 Å². The van der Waals surface area contributed by atoms with E-state index >= 15 is 0 Å². The highest BCUT2D eigenvalue weighted by molar-refractivity contribution is 5.95. The van der Waals surface area contributed by atoms with Crippen LogP contribution in [0.1, 0.15) is 12.0 Å². The van der Waals surface area contributed by atoms with E-state index in [-0.39, 0.29) is 18.0 Å². The lowest BCUT2D eigenvalue weighted by atomic mass is 10.1. The molecule has 0 unspecified atom stereocenters. The second-order valence-corrected chi connectivity index (χ2v) is 9.07. The summed E-state index contributed by atoms with van der Waals surface area (Å²) >= 11 is 0. The van der Waals surface area contributed by atoms with Gasteiger partial charge in [-0.05, 0) is 37.6 Å². The number of nitrogens with zero attached hydrogens (tertiary/aromatic N) is 4. The fourth-order valence-corrected chi connectivity index (χ4v) is 4.72. The number of aromatic nitrogens is 3. The topological polar surface area (TPSA) is 81.4 Å². The molecule has 8 heteroatoms. The molecular formula is C28H31N5O3. The monoisotopic (exact) mass is 485 g/mol. The maximum atomic E-state index is 13.2. The van der Waals surface area contributed by atoms with Gasteiger partial charge in [0.25, 0.3) is 5.56 Å². The van der Waals surface area contributed by atoms with E-state index in [0.29, 0.717) is 12.2 Å². The smallest absolute Gasteiger partial charge is 0.252 e. The molecule has 4 aromatic rings. The number of morpholine rings is 1. The molecule has 1 N–H and O–H groups in total. The quantitative estimate of drug-likeness (QED) is 0.388. The molecule has 186 valence electrons. The number of hydrogen-bond donors (Lipinski definition) is 1. The highest BCUT2D eigenvalue weighted by atomic mass is 16.5. The van der Waals surface area contributed by atoms with Crippen molar-refractivity contribution in [1.29, 1.82) is 0 Å². The zero-order valence-corrected chi connectivity index (χ0v) is 20.5. The molecule has 36 heavy (non-hydrogen) atoms. The van der Waals surface area contributed by atoms with Gasteiger partial charge in [-0.3, -0.25) is 19.1 Å². The molecule has 5 rings (SSSR count). The zero-order valence-electron chi connectivity index (χ0n) is 20.5. The number of amides is 1. The fourth-order valence-electron chi connectivity index (χ4n) is 4.72. The van der Waals surface area contributed by atoms with Crippen molar-refractivity contribution in [2.45, 2.75) is 19.9 Å². The van der Waals surface area contributed by atoms with Crippen LogP contribution in [0.2, 0.25) is 0 Å². The summed E-state index contributed by atoms with van der Waals surface area (Å²) in [5, 5.41) is 8.79. The number of aryl methyl sites for hydroxylation is 1. The van der Waals surface area contributed by atoms with Gasteiger partial charge in [0.15, 0.2) is 0 Å². The molecular weight excluding hydrogens is 454 g/mol. The van der Waals surface area contributed by atoms with E-state index in [1.165, 1.54) is 4.57 Å². The molecule has 2 aromatic heterocycles. The van der Waals surface area contributed by atoms with Crippen LogP contribution in [0.4, 0.5) is 0 Å². The fraction of sp³-hybridized carbons (Fsp3) is 0.321. The summed E-state index contributed by atoms with van der Waals surface area (Å²) in [6, 6.07) is 21.2. The summed E-state index contributed by atoms with van der Waals surface area (Å²) in [5.74, 6) is -0.189. The number of benzene rings is 2. The Morgan fingerprint density at radius 3 is 2.44 bits per heavy atom. The van der Waals surface area contributed by atoms with Crippen LogP contribution in [0.3, 0.4) is 0 Å². The molecule has 8 nitrogen and oxygen atoms in total. The van der Waals surface area contributed by atoms with E-state index in [1.54, 1.807) is 10.7 Å².